The molecule has 0 bridgehead atoms. The second kappa shape index (κ2) is 12.3. The highest BCUT2D eigenvalue weighted by Crippen LogP contribution is 2.38. The monoisotopic (exact) mass is 585 g/mol. The van der Waals surface area contributed by atoms with Crippen molar-refractivity contribution >= 4 is 52.2 Å². The molecule has 0 aliphatic heterocycles. The van der Waals surface area contributed by atoms with Crippen LogP contribution >= 0.6 is 23.2 Å². The highest BCUT2D eigenvalue weighted by atomic mass is 35.5. The average Bonchev–Trinajstić information content (AvgIpc) is 3.36. The molecular formula is C32H25Cl2N3O4. The molecule has 7 nitrogen and oxygen atoms in total. The van der Waals surface area contributed by atoms with Gasteiger partial charge in [-0.05, 0) is 61.9 Å². The number of halogens is 2. The first kappa shape index (κ1) is 28.0. The summed E-state index contributed by atoms with van der Waals surface area (Å²) in [5.74, 6) is -0.322. The van der Waals surface area contributed by atoms with Gasteiger partial charge in [0, 0.05) is 21.5 Å². The number of ether oxygens (including phenoxy) is 2. The Labute approximate surface area is 246 Å². The zero-order valence-corrected chi connectivity index (χ0v) is 23.7. The van der Waals surface area contributed by atoms with Gasteiger partial charge in [-0.25, -0.2) is 10.2 Å². The van der Waals surface area contributed by atoms with Crippen molar-refractivity contribution in [2.24, 2.45) is 5.10 Å². The molecule has 0 aliphatic rings. The highest BCUT2D eigenvalue weighted by Gasteiger charge is 2.22. The van der Waals surface area contributed by atoms with E-state index in [9.17, 15) is 9.59 Å². The number of fused-ring (bicyclic) bond motifs is 1. The quantitative estimate of drug-likeness (QED) is 0.0839. The minimum Gasteiger partial charge on any atom is -0.490 e. The standard InChI is InChI=1S/C32H25Cl2N3O4/c1-3-40-27-17-20(13-16-26(27)41-32(39)21-14-11-19(2)12-15-21)18-35-37-31(38)30-28(22-7-4-5-9-24(22)33)23-8-6-10-25(34)29(23)36-30/h4-18,36H,3H2,1-2H3,(H,37,38). The fraction of sp³-hybridized carbons (Fsp3) is 0.0938. The molecule has 0 radical (unpaired) electrons. The number of aromatic amines is 1. The van der Waals surface area contributed by atoms with E-state index in [0.29, 0.717) is 50.2 Å². The van der Waals surface area contributed by atoms with Gasteiger partial charge in [0.05, 0.1) is 28.9 Å². The highest BCUT2D eigenvalue weighted by molar-refractivity contribution is 6.37. The van der Waals surface area contributed by atoms with Crippen molar-refractivity contribution in [1.82, 2.24) is 10.4 Å². The van der Waals surface area contributed by atoms with Crippen molar-refractivity contribution < 1.29 is 19.1 Å². The molecule has 1 amide bonds. The average molecular weight is 586 g/mol. The van der Waals surface area contributed by atoms with Crippen LogP contribution in [0.5, 0.6) is 11.5 Å². The number of aromatic nitrogens is 1. The predicted molar refractivity (Wildman–Crippen MR) is 163 cm³/mol. The van der Waals surface area contributed by atoms with Crippen LogP contribution in [0.4, 0.5) is 0 Å². The molecule has 2 N–H and O–H groups in total. The number of carbonyl (C=O) groups excluding carboxylic acids is 2. The molecule has 4 aromatic carbocycles. The van der Waals surface area contributed by atoms with E-state index in [4.69, 9.17) is 32.7 Å². The van der Waals surface area contributed by atoms with Crippen molar-refractivity contribution in [3.8, 4) is 22.6 Å². The lowest BCUT2D eigenvalue weighted by atomic mass is 10.0. The van der Waals surface area contributed by atoms with Crippen LogP contribution < -0.4 is 14.9 Å². The number of esters is 1. The van der Waals surface area contributed by atoms with Gasteiger partial charge in [0.15, 0.2) is 11.5 Å². The summed E-state index contributed by atoms with van der Waals surface area (Å²) < 4.78 is 11.3. The van der Waals surface area contributed by atoms with E-state index in [-0.39, 0.29) is 11.4 Å². The number of hydrogen-bond acceptors (Lipinski definition) is 5. The number of rotatable bonds is 8. The lowest BCUT2D eigenvalue weighted by Crippen LogP contribution is -2.19. The number of hydrogen-bond donors (Lipinski definition) is 2. The third-order valence-electron chi connectivity index (χ3n) is 6.29. The molecule has 41 heavy (non-hydrogen) atoms. The summed E-state index contributed by atoms with van der Waals surface area (Å²) in [5.41, 5.74) is 6.87. The molecule has 1 aromatic heterocycles. The van der Waals surface area contributed by atoms with Crippen molar-refractivity contribution in [3.05, 3.63) is 117 Å². The molecule has 9 heteroatoms. The minimum atomic E-state index is -0.493. The van der Waals surface area contributed by atoms with E-state index >= 15 is 0 Å². The smallest absolute Gasteiger partial charge is 0.343 e. The molecule has 206 valence electrons. The van der Waals surface area contributed by atoms with Gasteiger partial charge < -0.3 is 14.5 Å². The fourth-order valence-corrected chi connectivity index (χ4v) is 4.78. The van der Waals surface area contributed by atoms with E-state index in [0.717, 1.165) is 10.9 Å². The minimum absolute atomic E-state index is 0.270. The number of para-hydroxylation sites is 1. The molecule has 0 atom stereocenters. The second-order valence-electron chi connectivity index (χ2n) is 9.11. The number of nitrogens with zero attached hydrogens (tertiary/aromatic N) is 1. The molecule has 0 saturated carbocycles. The van der Waals surface area contributed by atoms with Crippen molar-refractivity contribution in [2.75, 3.05) is 6.61 Å². The molecule has 0 saturated heterocycles. The maximum Gasteiger partial charge on any atom is 0.343 e. The Balaban J connectivity index is 1.38. The van der Waals surface area contributed by atoms with Gasteiger partial charge in [0.1, 0.15) is 5.69 Å². The number of aryl methyl sites for hydroxylation is 1. The number of carbonyl (C=O) groups is 2. The van der Waals surface area contributed by atoms with E-state index in [1.165, 1.54) is 6.21 Å². The molecular weight excluding hydrogens is 561 g/mol. The Kier molecular flexibility index (Phi) is 8.38. The van der Waals surface area contributed by atoms with Gasteiger partial charge in [-0.15, -0.1) is 0 Å². The van der Waals surface area contributed by atoms with Crippen LogP contribution in [0.2, 0.25) is 10.0 Å². The van der Waals surface area contributed by atoms with Crippen LogP contribution in [-0.2, 0) is 0 Å². The maximum absolute atomic E-state index is 13.3. The van der Waals surface area contributed by atoms with E-state index in [1.807, 2.05) is 56.3 Å². The van der Waals surface area contributed by atoms with Gasteiger partial charge in [-0.2, -0.15) is 5.10 Å². The predicted octanol–water partition coefficient (Wildman–Crippen LogP) is 7.83. The van der Waals surface area contributed by atoms with Crippen molar-refractivity contribution in [3.63, 3.8) is 0 Å². The molecule has 0 spiro atoms. The first-order chi connectivity index (χ1) is 19.9. The van der Waals surface area contributed by atoms with Crippen LogP contribution in [0.25, 0.3) is 22.0 Å². The zero-order valence-electron chi connectivity index (χ0n) is 22.2. The zero-order chi connectivity index (χ0) is 28.9. The normalized spacial score (nSPS) is 11.1. The second-order valence-corrected chi connectivity index (χ2v) is 9.93. The van der Waals surface area contributed by atoms with Crippen LogP contribution in [-0.4, -0.2) is 29.7 Å². The van der Waals surface area contributed by atoms with Crippen LogP contribution in [0.3, 0.4) is 0 Å². The molecule has 5 rings (SSSR count). The number of hydrazone groups is 1. The van der Waals surface area contributed by atoms with Crippen molar-refractivity contribution in [1.29, 1.82) is 0 Å². The maximum atomic E-state index is 13.3. The topological polar surface area (TPSA) is 92.8 Å². The Bertz CT molecular complexity index is 1780. The van der Waals surface area contributed by atoms with Gasteiger partial charge in [0.25, 0.3) is 5.91 Å². The first-order valence-corrected chi connectivity index (χ1v) is 13.6. The van der Waals surface area contributed by atoms with Gasteiger partial charge in [0.2, 0.25) is 0 Å². The Morgan fingerprint density at radius 3 is 2.44 bits per heavy atom. The SMILES string of the molecule is CCOc1cc(C=NNC(=O)c2[nH]c3c(Cl)cccc3c2-c2ccccc2Cl)ccc1OC(=O)c1ccc(C)cc1. The van der Waals surface area contributed by atoms with Crippen LogP contribution in [0.1, 0.15) is 38.9 Å². The number of amides is 1. The van der Waals surface area contributed by atoms with Gasteiger partial charge in [-0.3, -0.25) is 4.79 Å². The fourth-order valence-electron chi connectivity index (χ4n) is 4.32. The van der Waals surface area contributed by atoms with Gasteiger partial charge >= 0.3 is 5.97 Å². The number of nitrogens with one attached hydrogen (secondary N) is 2. The molecule has 1 heterocycles. The van der Waals surface area contributed by atoms with Gasteiger partial charge in [-0.1, -0.05) is 71.2 Å². The molecule has 0 aliphatic carbocycles. The Hall–Kier alpha value is -4.59. The Morgan fingerprint density at radius 1 is 0.927 bits per heavy atom. The third-order valence-corrected chi connectivity index (χ3v) is 6.94. The summed E-state index contributed by atoms with van der Waals surface area (Å²) in [4.78, 5) is 29.0. The summed E-state index contributed by atoms with van der Waals surface area (Å²) in [6, 6.07) is 24.8. The summed E-state index contributed by atoms with van der Waals surface area (Å²) in [5, 5.41) is 5.88. The first-order valence-electron chi connectivity index (χ1n) is 12.8. The Morgan fingerprint density at radius 2 is 1.68 bits per heavy atom. The third kappa shape index (κ3) is 6.11. The largest absolute Gasteiger partial charge is 0.490 e. The van der Waals surface area contributed by atoms with Crippen LogP contribution in [0, 0.1) is 6.92 Å². The van der Waals surface area contributed by atoms with E-state index in [1.54, 1.807) is 42.5 Å². The summed E-state index contributed by atoms with van der Waals surface area (Å²) >= 11 is 12.9. The summed E-state index contributed by atoms with van der Waals surface area (Å²) in [6.07, 6.45) is 1.47. The molecule has 5 aromatic rings. The number of H-pyrrole nitrogens is 1. The number of benzene rings is 4. The molecule has 0 unspecified atom stereocenters. The lowest BCUT2D eigenvalue weighted by molar-refractivity contribution is 0.0728. The van der Waals surface area contributed by atoms with Crippen LogP contribution in [0.15, 0.2) is 90.0 Å². The molecule has 0 fully saturated rings. The summed E-state index contributed by atoms with van der Waals surface area (Å²) in [7, 11) is 0. The summed E-state index contributed by atoms with van der Waals surface area (Å²) in [6.45, 7) is 4.13. The van der Waals surface area contributed by atoms with E-state index < -0.39 is 11.9 Å². The van der Waals surface area contributed by atoms with Crippen molar-refractivity contribution in [2.45, 2.75) is 13.8 Å². The van der Waals surface area contributed by atoms with E-state index in [2.05, 4.69) is 15.5 Å². The lowest BCUT2D eigenvalue weighted by Gasteiger charge is -2.11.